The van der Waals surface area contributed by atoms with Crippen molar-refractivity contribution < 1.29 is 23.7 Å². The molecule has 2 heterocycles. The van der Waals surface area contributed by atoms with Crippen molar-refractivity contribution in [3.05, 3.63) is 48.2 Å². The van der Waals surface area contributed by atoms with Gasteiger partial charge in [-0.1, -0.05) is 18.2 Å². The Bertz CT molecular complexity index is 1230. The van der Waals surface area contributed by atoms with Gasteiger partial charge in [0, 0.05) is 27.9 Å². The number of methoxy groups -OCH3 is 4. The van der Waals surface area contributed by atoms with Crippen LogP contribution in [-0.2, 0) is 4.74 Å². The molecule has 0 aliphatic heterocycles. The molecule has 0 unspecified atom stereocenters. The van der Waals surface area contributed by atoms with Crippen LogP contribution in [0.2, 0.25) is 0 Å². The van der Waals surface area contributed by atoms with Crippen LogP contribution >= 0.6 is 0 Å². The number of benzene rings is 2. The molecule has 0 saturated carbocycles. The maximum absolute atomic E-state index is 12.3. The lowest BCUT2D eigenvalue weighted by atomic mass is 10.0. The molecule has 7 heteroatoms. The molecule has 0 amide bonds. The summed E-state index contributed by atoms with van der Waals surface area (Å²) in [7, 11) is 6.02. The number of carbonyl (C=O) groups excluding carboxylic acids is 1. The van der Waals surface area contributed by atoms with Gasteiger partial charge in [-0.25, -0.2) is 9.78 Å². The van der Waals surface area contributed by atoms with Crippen LogP contribution in [0, 0.1) is 0 Å². The number of rotatable bonds is 5. The number of nitrogens with zero attached hydrogens (tertiary/aromatic N) is 1. The molecule has 2 aromatic carbocycles. The third kappa shape index (κ3) is 3.00. The van der Waals surface area contributed by atoms with Crippen molar-refractivity contribution in [2.45, 2.75) is 0 Å². The lowest BCUT2D eigenvalue weighted by molar-refractivity contribution is 0.0594. The average molecular weight is 392 g/mol. The number of hydrogen-bond donors (Lipinski definition) is 1. The van der Waals surface area contributed by atoms with E-state index in [1.165, 1.54) is 7.11 Å². The first-order chi connectivity index (χ1) is 14.1. The van der Waals surface area contributed by atoms with E-state index in [-0.39, 0.29) is 5.69 Å². The molecule has 0 radical (unpaired) electrons. The van der Waals surface area contributed by atoms with Crippen molar-refractivity contribution in [1.29, 1.82) is 0 Å². The highest BCUT2D eigenvalue weighted by atomic mass is 16.5. The summed E-state index contributed by atoms with van der Waals surface area (Å²) in [5.74, 6) is 1.08. The van der Waals surface area contributed by atoms with Crippen LogP contribution in [0.3, 0.4) is 0 Å². The Morgan fingerprint density at radius 2 is 1.55 bits per heavy atom. The molecule has 0 spiro atoms. The Labute approximate surface area is 167 Å². The van der Waals surface area contributed by atoms with Crippen LogP contribution in [-0.4, -0.2) is 44.4 Å². The molecule has 7 nitrogen and oxygen atoms in total. The minimum absolute atomic E-state index is 0.205. The van der Waals surface area contributed by atoms with Gasteiger partial charge in [0.15, 0.2) is 11.5 Å². The molecule has 4 rings (SSSR count). The SMILES string of the molecule is COC(=O)c1cc2c([nH]c3ccccc32)c(-c2cc(OC)c(OC)cc2OC)n1. The van der Waals surface area contributed by atoms with Gasteiger partial charge < -0.3 is 23.9 Å². The first-order valence-corrected chi connectivity index (χ1v) is 8.91. The van der Waals surface area contributed by atoms with Gasteiger partial charge in [0.2, 0.25) is 0 Å². The quantitative estimate of drug-likeness (QED) is 0.513. The van der Waals surface area contributed by atoms with E-state index < -0.39 is 5.97 Å². The Balaban J connectivity index is 2.11. The Morgan fingerprint density at radius 3 is 2.24 bits per heavy atom. The number of carbonyl (C=O) groups is 1. The number of esters is 1. The monoisotopic (exact) mass is 392 g/mol. The van der Waals surface area contributed by atoms with Gasteiger partial charge >= 0.3 is 5.97 Å². The number of aromatic nitrogens is 2. The van der Waals surface area contributed by atoms with Crippen molar-refractivity contribution in [1.82, 2.24) is 9.97 Å². The number of pyridine rings is 1. The molecule has 0 atom stereocenters. The van der Waals surface area contributed by atoms with Crippen LogP contribution in [0.15, 0.2) is 42.5 Å². The average Bonchev–Trinajstić information content (AvgIpc) is 3.15. The van der Waals surface area contributed by atoms with Gasteiger partial charge in [0.1, 0.15) is 11.4 Å². The molecule has 2 aromatic heterocycles. The standard InChI is InChI=1S/C22H20N2O5/c1-26-17-11-19(28-3)18(27-2)10-14(17)21-20-13(9-16(24-21)22(25)29-4)12-7-5-6-8-15(12)23-20/h5-11,23H,1-4H3. The highest BCUT2D eigenvalue weighted by Crippen LogP contribution is 2.42. The topological polar surface area (TPSA) is 82.7 Å². The molecule has 0 fully saturated rings. The van der Waals surface area contributed by atoms with Gasteiger partial charge in [-0.05, 0) is 18.2 Å². The second-order valence-corrected chi connectivity index (χ2v) is 6.35. The molecule has 0 aliphatic rings. The number of para-hydroxylation sites is 1. The molecule has 0 saturated heterocycles. The van der Waals surface area contributed by atoms with Crippen LogP contribution in [0.5, 0.6) is 17.2 Å². The van der Waals surface area contributed by atoms with Crippen LogP contribution in [0.1, 0.15) is 10.5 Å². The van der Waals surface area contributed by atoms with E-state index in [0.29, 0.717) is 28.5 Å². The second-order valence-electron chi connectivity index (χ2n) is 6.35. The summed E-state index contributed by atoms with van der Waals surface area (Å²) in [5.41, 5.74) is 3.14. The molecular formula is C22H20N2O5. The van der Waals surface area contributed by atoms with Gasteiger partial charge in [-0.3, -0.25) is 0 Å². The van der Waals surface area contributed by atoms with Crippen molar-refractivity contribution >= 4 is 27.8 Å². The van der Waals surface area contributed by atoms with Crippen LogP contribution in [0.4, 0.5) is 0 Å². The summed E-state index contributed by atoms with van der Waals surface area (Å²) >= 11 is 0. The fourth-order valence-electron chi connectivity index (χ4n) is 3.46. The fraction of sp³-hybridized carbons (Fsp3) is 0.182. The molecule has 4 aromatic rings. The third-order valence-corrected chi connectivity index (χ3v) is 4.85. The van der Waals surface area contributed by atoms with Crippen molar-refractivity contribution in [3.63, 3.8) is 0 Å². The van der Waals surface area contributed by atoms with Crippen LogP contribution < -0.4 is 14.2 Å². The molecular weight excluding hydrogens is 372 g/mol. The highest BCUT2D eigenvalue weighted by Gasteiger charge is 2.21. The summed E-state index contributed by atoms with van der Waals surface area (Å²) in [6.07, 6.45) is 0. The summed E-state index contributed by atoms with van der Waals surface area (Å²) in [6.45, 7) is 0. The second kappa shape index (κ2) is 7.35. The van der Waals surface area contributed by atoms with E-state index >= 15 is 0 Å². The number of hydrogen-bond acceptors (Lipinski definition) is 6. The van der Waals surface area contributed by atoms with Crippen LogP contribution in [0.25, 0.3) is 33.1 Å². The minimum Gasteiger partial charge on any atom is -0.496 e. The van der Waals surface area contributed by atoms with Gasteiger partial charge in [0.25, 0.3) is 0 Å². The first-order valence-electron chi connectivity index (χ1n) is 8.91. The fourth-order valence-corrected chi connectivity index (χ4v) is 3.46. The lowest BCUT2D eigenvalue weighted by Crippen LogP contribution is -2.06. The maximum Gasteiger partial charge on any atom is 0.356 e. The van der Waals surface area contributed by atoms with E-state index in [0.717, 1.165) is 21.8 Å². The highest BCUT2D eigenvalue weighted by molar-refractivity contribution is 6.13. The molecule has 148 valence electrons. The number of aromatic amines is 1. The number of H-pyrrole nitrogens is 1. The van der Waals surface area contributed by atoms with E-state index in [2.05, 4.69) is 9.97 Å². The predicted octanol–water partition coefficient (Wildman–Crippen LogP) is 4.20. The molecule has 1 N–H and O–H groups in total. The predicted molar refractivity (Wildman–Crippen MR) is 110 cm³/mol. The van der Waals surface area contributed by atoms with E-state index in [9.17, 15) is 4.79 Å². The van der Waals surface area contributed by atoms with Gasteiger partial charge in [-0.2, -0.15) is 0 Å². The Kier molecular flexibility index (Phi) is 4.72. The molecule has 29 heavy (non-hydrogen) atoms. The zero-order valence-corrected chi connectivity index (χ0v) is 16.5. The zero-order valence-electron chi connectivity index (χ0n) is 16.5. The number of ether oxygens (including phenoxy) is 4. The van der Waals surface area contributed by atoms with E-state index in [1.54, 1.807) is 39.5 Å². The lowest BCUT2D eigenvalue weighted by Gasteiger charge is -2.15. The summed E-state index contributed by atoms with van der Waals surface area (Å²) in [4.78, 5) is 20.3. The van der Waals surface area contributed by atoms with Gasteiger partial charge in [0.05, 0.1) is 39.6 Å². The minimum atomic E-state index is -0.516. The van der Waals surface area contributed by atoms with E-state index in [4.69, 9.17) is 18.9 Å². The summed E-state index contributed by atoms with van der Waals surface area (Å²) < 4.78 is 21.3. The van der Waals surface area contributed by atoms with Crippen molar-refractivity contribution in [2.75, 3.05) is 28.4 Å². The normalized spacial score (nSPS) is 10.9. The number of nitrogens with one attached hydrogen (secondary N) is 1. The van der Waals surface area contributed by atoms with Crippen molar-refractivity contribution in [3.8, 4) is 28.5 Å². The van der Waals surface area contributed by atoms with E-state index in [1.807, 2.05) is 24.3 Å². The smallest absolute Gasteiger partial charge is 0.356 e. The molecule has 0 bridgehead atoms. The summed E-state index contributed by atoms with van der Waals surface area (Å²) in [5, 5.41) is 1.85. The maximum atomic E-state index is 12.3. The molecule has 0 aliphatic carbocycles. The number of fused-ring (bicyclic) bond motifs is 3. The van der Waals surface area contributed by atoms with Gasteiger partial charge in [-0.15, -0.1) is 0 Å². The first kappa shape index (κ1) is 18.6. The van der Waals surface area contributed by atoms with Crippen molar-refractivity contribution in [2.24, 2.45) is 0 Å². The Morgan fingerprint density at radius 1 is 0.862 bits per heavy atom. The summed E-state index contributed by atoms with van der Waals surface area (Å²) in [6, 6.07) is 13.1. The zero-order chi connectivity index (χ0) is 20.5. The third-order valence-electron chi connectivity index (χ3n) is 4.85. The largest absolute Gasteiger partial charge is 0.496 e. The Hall–Kier alpha value is -3.74.